The summed E-state index contributed by atoms with van der Waals surface area (Å²) in [5.74, 6) is -1.32. The van der Waals surface area contributed by atoms with E-state index in [2.05, 4.69) is 15.6 Å². The molecule has 16 nitrogen and oxygen atoms in total. The molecule has 1 unspecified atom stereocenters. The number of alkyl carbamates (subject to hydrolysis) is 1. The molecule has 5 N–H and O–H groups in total. The van der Waals surface area contributed by atoms with E-state index in [1.807, 2.05) is 54.6 Å². The summed E-state index contributed by atoms with van der Waals surface area (Å²) >= 11 is 0. The summed E-state index contributed by atoms with van der Waals surface area (Å²) in [5.41, 5.74) is -0.906. The Labute approximate surface area is 316 Å². The molecule has 1 aliphatic heterocycles. The molecule has 0 saturated carbocycles. The van der Waals surface area contributed by atoms with Gasteiger partial charge in [-0.3, -0.25) is 9.36 Å². The Morgan fingerprint density at radius 2 is 1.42 bits per heavy atom. The largest absolute Gasteiger partial charge is 0.497 e. The number of nitrogens with zero attached hydrogens (tertiary/aromatic N) is 2. The molecule has 0 bridgehead atoms. The highest BCUT2D eigenvalue weighted by atomic mass is 16.6. The number of carboxylic acid groups (broad SMARTS) is 1. The maximum atomic E-state index is 13.2. The van der Waals surface area contributed by atoms with Gasteiger partial charge in [-0.25, -0.2) is 14.4 Å². The molecular formula is C39H44N4O12. The van der Waals surface area contributed by atoms with Gasteiger partial charge >= 0.3 is 17.8 Å². The van der Waals surface area contributed by atoms with Crippen molar-refractivity contribution < 1.29 is 53.4 Å². The standard InChI is InChI=1S/C39H44N4O12/c1-38(2,3)55-37(50)40-28(35(47)48)21-31(44)41-30-19-20-43(36(49)42-30)34-33(46)32(45)29(54-34)22-53-39(23-9-7-6-8-10-23,24-11-15-26(51-4)16-12-24)25-13-17-27(52-5)18-14-25/h6-20,28-29,32-34,45-46H,21-22H2,1-5H3,(H,40,50)(H,47,48)(H,41,42,44,49)/t28-,29+,32?,33+,34+/m0/s1. The van der Waals surface area contributed by atoms with Gasteiger partial charge < -0.3 is 49.6 Å². The molecule has 0 spiro atoms. The predicted molar refractivity (Wildman–Crippen MR) is 197 cm³/mol. The topological polar surface area (TPSA) is 217 Å². The maximum absolute atomic E-state index is 13.2. The number of aliphatic carboxylic acids is 1. The highest BCUT2D eigenvalue weighted by Crippen LogP contribution is 2.42. The number of methoxy groups -OCH3 is 2. The van der Waals surface area contributed by atoms with Crippen molar-refractivity contribution in [3.63, 3.8) is 0 Å². The Kier molecular flexibility index (Phi) is 12.6. The summed E-state index contributed by atoms with van der Waals surface area (Å²) in [6.07, 6.45) is -6.13. The number of benzene rings is 3. The van der Waals surface area contributed by atoms with E-state index < -0.39 is 71.9 Å². The zero-order chi connectivity index (χ0) is 39.9. The number of nitrogens with one attached hydrogen (secondary N) is 2. The lowest BCUT2D eigenvalue weighted by Crippen LogP contribution is -2.45. The molecule has 2 amide bonds. The van der Waals surface area contributed by atoms with Gasteiger partial charge in [0.1, 0.15) is 52.9 Å². The number of carboxylic acids is 1. The van der Waals surface area contributed by atoms with Crippen molar-refractivity contribution in [3.8, 4) is 11.5 Å². The van der Waals surface area contributed by atoms with Crippen LogP contribution in [0.25, 0.3) is 0 Å². The minimum absolute atomic E-state index is 0.229. The molecule has 1 saturated heterocycles. The van der Waals surface area contributed by atoms with Gasteiger partial charge in [0.05, 0.1) is 27.2 Å². The van der Waals surface area contributed by atoms with Crippen molar-refractivity contribution >= 4 is 23.8 Å². The monoisotopic (exact) mass is 760 g/mol. The summed E-state index contributed by atoms with van der Waals surface area (Å²) in [5, 5.41) is 36.2. The average Bonchev–Trinajstić information content (AvgIpc) is 3.43. The minimum Gasteiger partial charge on any atom is -0.497 e. The van der Waals surface area contributed by atoms with E-state index in [-0.39, 0.29) is 12.4 Å². The Bertz CT molecular complexity index is 1950. The first-order valence-electron chi connectivity index (χ1n) is 17.3. The number of anilines is 1. The fourth-order valence-electron chi connectivity index (χ4n) is 6.08. The lowest BCUT2D eigenvalue weighted by molar-refractivity contribution is -0.141. The lowest BCUT2D eigenvalue weighted by atomic mass is 9.80. The maximum Gasteiger partial charge on any atom is 0.408 e. The number of carbonyl (C=O) groups excluding carboxylic acids is 2. The third-order valence-corrected chi connectivity index (χ3v) is 8.72. The van der Waals surface area contributed by atoms with Gasteiger partial charge in [-0.05, 0) is 67.8 Å². The molecule has 5 rings (SSSR count). The number of rotatable bonds is 14. The molecule has 2 heterocycles. The van der Waals surface area contributed by atoms with Gasteiger partial charge in [0.25, 0.3) is 0 Å². The summed E-state index contributed by atoms with van der Waals surface area (Å²) in [7, 11) is 3.13. The van der Waals surface area contributed by atoms with E-state index in [9.17, 15) is 34.5 Å². The van der Waals surface area contributed by atoms with Gasteiger partial charge in [-0.2, -0.15) is 4.98 Å². The number of aliphatic hydroxyl groups is 2. The van der Waals surface area contributed by atoms with Crippen LogP contribution in [0.5, 0.6) is 11.5 Å². The zero-order valence-electron chi connectivity index (χ0n) is 30.9. The summed E-state index contributed by atoms with van der Waals surface area (Å²) < 4.78 is 29.7. The van der Waals surface area contributed by atoms with Crippen molar-refractivity contribution in [1.29, 1.82) is 0 Å². The van der Waals surface area contributed by atoms with Crippen LogP contribution in [0.3, 0.4) is 0 Å². The second kappa shape index (κ2) is 17.1. The minimum atomic E-state index is -1.63. The smallest absolute Gasteiger partial charge is 0.408 e. The second-order valence-electron chi connectivity index (χ2n) is 13.7. The van der Waals surface area contributed by atoms with Crippen LogP contribution >= 0.6 is 0 Å². The molecule has 1 aromatic heterocycles. The molecule has 1 fully saturated rings. The van der Waals surface area contributed by atoms with Crippen LogP contribution < -0.4 is 25.8 Å². The van der Waals surface area contributed by atoms with E-state index in [1.165, 1.54) is 12.3 Å². The van der Waals surface area contributed by atoms with E-state index in [1.54, 1.807) is 59.3 Å². The van der Waals surface area contributed by atoms with Crippen LogP contribution in [0.15, 0.2) is 95.9 Å². The first-order valence-corrected chi connectivity index (χ1v) is 17.3. The Morgan fingerprint density at radius 3 is 1.93 bits per heavy atom. The molecule has 0 aliphatic carbocycles. The van der Waals surface area contributed by atoms with Crippen molar-refractivity contribution in [2.24, 2.45) is 0 Å². The highest BCUT2D eigenvalue weighted by Gasteiger charge is 2.47. The molecule has 16 heteroatoms. The third-order valence-electron chi connectivity index (χ3n) is 8.72. The second-order valence-corrected chi connectivity index (χ2v) is 13.7. The van der Waals surface area contributed by atoms with Gasteiger partial charge in [0, 0.05) is 6.20 Å². The van der Waals surface area contributed by atoms with Crippen molar-refractivity contribution in [1.82, 2.24) is 14.9 Å². The Hall–Kier alpha value is -5.81. The highest BCUT2D eigenvalue weighted by molar-refractivity contribution is 5.94. The number of hydrogen-bond donors (Lipinski definition) is 5. The summed E-state index contributed by atoms with van der Waals surface area (Å²) in [6, 6.07) is 23.7. The average molecular weight is 761 g/mol. The lowest BCUT2D eigenvalue weighted by Gasteiger charge is -2.37. The van der Waals surface area contributed by atoms with Crippen molar-refractivity contribution in [3.05, 3.63) is 118 Å². The van der Waals surface area contributed by atoms with Crippen LogP contribution in [0.1, 0.15) is 50.1 Å². The van der Waals surface area contributed by atoms with Gasteiger partial charge in [0.15, 0.2) is 6.23 Å². The molecular weight excluding hydrogens is 716 g/mol. The van der Waals surface area contributed by atoms with Crippen LogP contribution in [0.4, 0.5) is 10.6 Å². The molecule has 55 heavy (non-hydrogen) atoms. The molecule has 4 aromatic rings. The van der Waals surface area contributed by atoms with Crippen LogP contribution in [-0.4, -0.2) is 93.6 Å². The molecule has 292 valence electrons. The SMILES string of the molecule is COc1ccc(C(OC[C@H]2O[C@@H](n3ccc(NC(=O)C[C@H](NC(=O)OC(C)(C)C)C(=O)O)nc3=O)[C@H](O)C2O)(c2ccccc2)c2ccc(OC)cc2)cc1. The number of amides is 2. The van der Waals surface area contributed by atoms with Gasteiger partial charge in [0.2, 0.25) is 5.91 Å². The fourth-order valence-corrected chi connectivity index (χ4v) is 6.08. The fraction of sp³-hybridized carbons (Fsp3) is 0.359. The number of aromatic nitrogens is 2. The van der Waals surface area contributed by atoms with E-state index in [0.29, 0.717) is 11.5 Å². The molecule has 5 atom stereocenters. The third kappa shape index (κ3) is 9.47. The van der Waals surface area contributed by atoms with Gasteiger partial charge in [-0.1, -0.05) is 54.6 Å². The van der Waals surface area contributed by atoms with Gasteiger partial charge in [-0.15, -0.1) is 0 Å². The Morgan fingerprint density at radius 1 is 0.855 bits per heavy atom. The van der Waals surface area contributed by atoms with Crippen molar-refractivity contribution in [2.75, 3.05) is 26.1 Å². The normalized spacial score (nSPS) is 18.9. The molecule has 0 radical (unpaired) electrons. The van der Waals surface area contributed by atoms with Crippen molar-refractivity contribution in [2.45, 2.75) is 69.0 Å². The van der Waals surface area contributed by atoms with E-state index in [4.69, 9.17) is 23.7 Å². The zero-order valence-corrected chi connectivity index (χ0v) is 30.9. The summed E-state index contributed by atoms with van der Waals surface area (Å²) in [4.78, 5) is 53.4. The summed E-state index contributed by atoms with van der Waals surface area (Å²) in [6.45, 7) is 4.53. The van der Waals surface area contributed by atoms with Crippen LogP contribution in [0.2, 0.25) is 0 Å². The predicted octanol–water partition coefficient (Wildman–Crippen LogP) is 3.19. The number of ether oxygens (including phenoxy) is 5. The number of aliphatic hydroxyl groups excluding tert-OH is 2. The van der Waals surface area contributed by atoms with Crippen LogP contribution in [0, 0.1) is 0 Å². The van der Waals surface area contributed by atoms with E-state index >= 15 is 0 Å². The quantitative estimate of drug-likeness (QED) is 0.117. The first kappa shape index (κ1) is 40.4. The Balaban J connectivity index is 1.35. The number of carbonyl (C=O) groups is 3. The number of hydrogen-bond acceptors (Lipinski definition) is 12. The molecule has 1 aliphatic rings. The molecule has 3 aromatic carbocycles. The van der Waals surface area contributed by atoms with Crippen LogP contribution in [-0.2, 0) is 29.4 Å². The van der Waals surface area contributed by atoms with E-state index in [0.717, 1.165) is 21.3 Å². The first-order chi connectivity index (χ1) is 26.1.